The summed E-state index contributed by atoms with van der Waals surface area (Å²) in [6.45, 7) is 10.7. The quantitative estimate of drug-likeness (QED) is 0.561. The van der Waals surface area contributed by atoms with Gasteiger partial charge in [-0.3, -0.25) is 0 Å². The molecule has 32 heavy (non-hydrogen) atoms. The van der Waals surface area contributed by atoms with Gasteiger partial charge in [0.1, 0.15) is 10.8 Å². The van der Waals surface area contributed by atoms with Crippen molar-refractivity contribution in [2.24, 2.45) is 0 Å². The van der Waals surface area contributed by atoms with Crippen molar-refractivity contribution in [2.45, 2.75) is 26.2 Å². The first-order chi connectivity index (χ1) is 15.3. The smallest absolute Gasteiger partial charge is 0.230 e. The number of anilines is 5. The average Bonchev–Trinajstić information content (AvgIpc) is 2.77. The number of rotatable bonds is 5. The zero-order valence-electron chi connectivity index (χ0n) is 19.1. The van der Waals surface area contributed by atoms with Gasteiger partial charge in [0.15, 0.2) is 5.82 Å². The Bertz CT molecular complexity index is 1040. The van der Waals surface area contributed by atoms with Crippen molar-refractivity contribution in [3.63, 3.8) is 0 Å². The number of aromatic nitrogens is 3. The summed E-state index contributed by atoms with van der Waals surface area (Å²) < 4.78 is 0. The summed E-state index contributed by atoms with van der Waals surface area (Å²) in [6, 6.07) is 12.3. The molecule has 0 spiro atoms. The molecule has 1 aliphatic rings. The molecule has 3 heterocycles. The third-order valence-electron chi connectivity index (χ3n) is 5.61. The SMILES string of the molecule is CN1CCN(c2ccc(Nc3ncc(Cl)c(Nc4ccc(C(C)(C)C)cc4)n3)nc2)CC1. The third kappa shape index (κ3) is 5.47. The molecule has 0 saturated carbocycles. The van der Waals surface area contributed by atoms with Gasteiger partial charge in [-0.25, -0.2) is 9.97 Å². The number of pyridine rings is 1. The number of likely N-dealkylation sites (N-methyl/N-ethyl adjacent to an activating group) is 1. The van der Waals surface area contributed by atoms with Crippen molar-refractivity contribution in [1.29, 1.82) is 0 Å². The zero-order valence-corrected chi connectivity index (χ0v) is 19.8. The molecule has 7 nitrogen and oxygen atoms in total. The number of piperazine rings is 1. The minimum Gasteiger partial charge on any atom is -0.368 e. The van der Waals surface area contributed by atoms with Crippen molar-refractivity contribution in [1.82, 2.24) is 19.9 Å². The van der Waals surface area contributed by atoms with Gasteiger partial charge in [-0.15, -0.1) is 0 Å². The maximum atomic E-state index is 6.33. The Labute approximate surface area is 194 Å². The van der Waals surface area contributed by atoms with Crippen molar-refractivity contribution in [2.75, 3.05) is 48.8 Å². The molecule has 1 aromatic carbocycles. The molecule has 0 amide bonds. The van der Waals surface area contributed by atoms with Crippen LogP contribution >= 0.6 is 11.6 Å². The molecule has 1 saturated heterocycles. The maximum Gasteiger partial charge on any atom is 0.230 e. The molecule has 2 N–H and O–H groups in total. The number of hydrogen-bond acceptors (Lipinski definition) is 7. The standard InChI is InChI=1S/C24H30ClN7/c1-24(2,3)17-5-7-18(8-6-17)28-22-20(25)16-27-23(30-22)29-21-10-9-19(15-26-21)32-13-11-31(4)12-14-32/h5-10,15-16H,11-14H2,1-4H3,(H2,26,27,28,29,30). The van der Waals surface area contributed by atoms with E-state index in [1.165, 1.54) is 5.56 Å². The number of nitrogens with zero attached hydrogens (tertiary/aromatic N) is 5. The Morgan fingerprint density at radius 2 is 1.59 bits per heavy atom. The van der Waals surface area contributed by atoms with E-state index in [0.717, 1.165) is 37.6 Å². The normalized spacial score (nSPS) is 15.0. The van der Waals surface area contributed by atoms with Crippen LogP contribution in [0.2, 0.25) is 5.02 Å². The van der Waals surface area contributed by atoms with Gasteiger partial charge in [0, 0.05) is 31.9 Å². The topological polar surface area (TPSA) is 69.2 Å². The van der Waals surface area contributed by atoms with Gasteiger partial charge >= 0.3 is 0 Å². The highest BCUT2D eigenvalue weighted by atomic mass is 35.5. The Hall–Kier alpha value is -2.90. The summed E-state index contributed by atoms with van der Waals surface area (Å²) in [5, 5.41) is 6.90. The monoisotopic (exact) mass is 451 g/mol. The van der Waals surface area contributed by atoms with E-state index >= 15 is 0 Å². The van der Waals surface area contributed by atoms with E-state index in [0.29, 0.717) is 22.6 Å². The van der Waals surface area contributed by atoms with Crippen molar-refractivity contribution in [3.8, 4) is 0 Å². The fourth-order valence-electron chi connectivity index (χ4n) is 3.53. The number of nitrogens with one attached hydrogen (secondary N) is 2. The minimum atomic E-state index is 0.106. The maximum absolute atomic E-state index is 6.33. The van der Waals surface area contributed by atoms with E-state index in [1.807, 2.05) is 24.4 Å². The van der Waals surface area contributed by atoms with Crippen LogP contribution in [0.15, 0.2) is 48.8 Å². The third-order valence-corrected chi connectivity index (χ3v) is 5.89. The Kier molecular flexibility index (Phi) is 6.48. The average molecular weight is 452 g/mol. The van der Waals surface area contributed by atoms with Crippen LogP contribution in [0.5, 0.6) is 0 Å². The second-order valence-electron chi connectivity index (χ2n) is 9.16. The first-order valence-electron chi connectivity index (χ1n) is 10.8. The molecule has 3 aromatic rings. The summed E-state index contributed by atoms with van der Waals surface area (Å²) in [5.74, 6) is 1.66. The van der Waals surface area contributed by atoms with Crippen molar-refractivity contribution < 1.29 is 0 Å². The van der Waals surface area contributed by atoms with Crippen LogP contribution in [-0.4, -0.2) is 53.1 Å². The molecular formula is C24H30ClN7. The molecule has 0 unspecified atom stereocenters. The Morgan fingerprint density at radius 3 is 2.22 bits per heavy atom. The van der Waals surface area contributed by atoms with Crippen LogP contribution in [0.4, 0.5) is 29.0 Å². The van der Waals surface area contributed by atoms with Crippen molar-refractivity contribution >= 4 is 40.6 Å². The highest BCUT2D eigenvalue weighted by molar-refractivity contribution is 6.32. The lowest BCUT2D eigenvalue weighted by Gasteiger charge is -2.33. The van der Waals surface area contributed by atoms with E-state index < -0.39 is 0 Å². The molecular weight excluding hydrogens is 422 g/mol. The van der Waals surface area contributed by atoms with Crippen LogP contribution in [0.1, 0.15) is 26.3 Å². The fraction of sp³-hybridized carbons (Fsp3) is 0.375. The molecule has 168 valence electrons. The second-order valence-corrected chi connectivity index (χ2v) is 9.57. The van der Waals surface area contributed by atoms with Gasteiger partial charge in [0.2, 0.25) is 5.95 Å². The Morgan fingerprint density at radius 1 is 0.875 bits per heavy atom. The van der Waals surface area contributed by atoms with Crippen LogP contribution in [-0.2, 0) is 5.41 Å². The summed E-state index contributed by atoms with van der Waals surface area (Å²) in [6.07, 6.45) is 3.47. The van der Waals surface area contributed by atoms with Crippen LogP contribution < -0.4 is 15.5 Å². The lowest BCUT2D eigenvalue weighted by Crippen LogP contribution is -2.44. The molecule has 0 radical (unpaired) electrons. The van der Waals surface area contributed by atoms with Gasteiger partial charge < -0.3 is 20.4 Å². The fourth-order valence-corrected chi connectivity index (χ4v) is 3.67. The van der Waals surface area contributed by atoms with Gasteiger partial charge in [0.25, 0.3) is 0 Å². The van der Waals surface area contributed by atoms with Crippen LogP contribution in [0, 0.1) is 0 Å². The molecule has 0 aliphatic carbocycles. The van der Waals surface area contributed by atoms with E-state index in [2.05, 4.69) is 81.4 Å². The molecule has 8 heteroatoms. The molecule has 1 fully saturated rings. The summed E-state index contributed by atoms with van der Waals surface area (Å²) in [5.41, 5.74) is 3.42. The number of hydrogen-bond donors (Lipinski definition) is 2. The minimum absolute atomic E-state index is 0.106. The van der Waals surface area contributed by atoms with Crippen molar-refractivity contribution in [3.05, 3.63) is 59.4 Å². The van der Waals surface area contributed by atoms with Gasteiger partial charge in [-0.2, -0.15) is 4.98 Å². The molecule has 0 atom stereocenters. The lowest BCUT2D eigenvalue weighted by atomic mass is 9.87. The highest BCUT2D eigenvalue weighted by Gasteiger charge is 2.15. The predicted molar refractivity (Wildman–Crippen MR) is 133 cm³/mol. The van der Waals surface area contributed by atoms with Gasteiger partial charge in [0.05, 0.1) is 18.1 Å². The number of benzene rings is 1. The molecule has 4 rings (SSSR count). The van der Waals surface area contributed by atoms with Crippen LogP contribution in [0.25, 0.3) is 0 Å². The molecule has 2 aromatic heterocycles. The zero-order chi connectivity index (χ0) is 22.7. The Balaban J connectivity index is 1.43. The molecule has 0 bridgehead atoms. The first kappa shape index (κ1) is 22.3. The summed E-state index contributed by atoms with van der Waals surface area (Å²) in [4.78, 5) is 18.0. The highest BCUT2D eigenvalue weighted by Crippen LogP contribution is 2.27. The largest absolute Gasteiger partial charge is 0.368 e. The predicted octanol–water partition coefficient (Wildman–Crippen LogP) is 5.06. The first-order valence-corrected chi connectivity index (χ1v) is 11.2. The second kappa shape index (κ2) is 9.30. The van der Waals surface area contributed by atoms with Crippen LogP contribution in [0.3, 0.4) is 0 Å². The summed E-state index contributed by atoms with van der Waals surface area (Å²) >= 11 is 6.33. The number of halogens is 1. The molecule has 1 aliphatic heterocycles. The van der Waals surface area contributed by atoms with E-state index in [1.54, 1.807) is 6.20 Å². The lowest BCUT2D eigenvalue weighted by molar-refractivity contribution is 0.313. The van der Waals surface area contributed by atoms with Gasteiger partial charge in [-0.1, -0.05) is 44.5 Å². The van der Waals surface area contributed by atoms with E-state index in [9.17, 15) is 0 Å². The van der Waals surface area contributed by atoms with Gasteiger partial charge in [-0.05, 0) is 42.3 Å². The summed E-state index contributed by atoms with van der Waals surface area (Å²) in [7, 11) is 2.15. The van der Waals surface area contributed by atoms with E-state index in [-0.39, 0.29) is 5.41 Å². The van der Waals surface area contributed by atoms with E-state index in [4.69, 9.17) is 11.6 Å².